The second-order valence-corrected chi connectivity index (χ2v) is 4.80. The topological polar surface area (TPSA) is 48.7 Å². The van der Waals surface area contributed by atoms with E-state index in [1.165, 1.54) is 24.3 Å². The fraction of sp³-hybridized carbons (Fsp3) is 0.455. The molecule has 1 aromatic heterocycles. The number of pyridine rings is 1. The van der Waals surface area contributed by atoms with Gasteiger partial charge in [-0.2, -0.15) is 17.0 Å². The third-order valence-corrected chi connectivity index (χ3v) is 3.51. The molecule has 1 fully saturated rings. The molecule has 0 aliphatic carbocycles. The van der Waals surface area contributed by atoms with Crippen LogP contribution >= 0.6 is 11.8 Å². The minimum Gasteiger partial charge on any atom is -0.367 e. The Balaban J connectivity index is 1.95. The molecular formula is C11H13N3S. The first-order valence-corrected chi connectivity index (χ1v) is 6.24. The largest absolute Gasteiger partial charge is 0.367 e. The first kappa shape index (κ1) is 10.3. The number of hydrogen-bond donors (Lipinski definition) is 1. The molecular weight excluding hydrogens is 206 g/mol. The average molecular weight is 219 g/mol. The van der Waals surface area contributed by atoms with Gasteiger partial charge in [-0.25, -0.2) is 4.98 Å². The van der Waals surface area contributed by atoms with Crippen molar-refractivity contribution in [3.8, 4) is 6.07 Å². The molecule has 1 aromatic rings. The summed E-state index contributed by atoms with van der Waals surface area (Å²) in [5.74, 6) is 3.34. The molecule has 1 N–H and O–H groups in total. The summed E-state index contributed by atoms with van der Waals surface area (Å²) in [7, 11) is 0. The Bertz CT molecular complexity index is 349. The number of nitriles is 1. The van der Waals surface area contributed by atoms with Crippen molar-refractivity contribution in [3.63, 3.8) is 0 Å². The molecule has 0 spiro atoms. The lowest BCUT2D eigenvalue weighted by Gasteiger charge is -2.22. The highest BCUT2D eigenvalue weighted by molar-refractivity contribution is 7.99. The molecule has 1 aliphatic rings. The summed E-state index contributed by atoms with van der Waals surface area (Å²) in [6.07, 6.45) is 4.01. The van der Waals surface area contributed by atoms with E-state index in [1.54, 1.807) is 12.3 Å². The molecule has 1 aliphatic heterocycles. The van der Waals surface area contributed by atoms with Crippen molar-refractivity contribution in [2.24, 2.45) is 0 Å². The Labute approximate surface area is 93.9 Å². The number of rotatable bonds is 2. The molecule has 0 saturated carbocycles. The fourth-order valence-corrected chi connectivity index (χ4v) is 2.70. The molecule has 2 heterocycles. The maximum absolute atomic E-state index is 8.64. The lowest BCUT2D eigenvalue weighted by Crippen LogP contribution is -2.24. The predicted molar refractivity (Wildman–Crippen MR) is 62.9 cm³/mol. The molecule has 3 nitrogen and oxygen atoms in total. The van der Waals surface area contributed by atoms with Gasteiger partial charge in [0.1, 0.15) is 11.9 Å². The first-order valence-electron chi connectivity index (χ1n) is 5.09. The Morgan fingerprint density at radius 3 is 2.80 bits per heavy atom. The standard InChI is InChI=1S/C11H13N3S/c12-7-9-1-2-11(13-8-9)14-10-3-5-15-6-4-10/h1-2,8,10H,3-6H2,(H,13,14). The summed E-state index contributed by atoms with van der Waals surface area (Å²) in [5, 5.41) is 12.0. The lowest BCUT2D eigenvalue weighted by atomic mass is 10.1. The fourth-order valence-electron chi connectivity index (χ4n) is 1.60. The van der Waals surface area contributed by atoms with Gasteiger partial charge in [0.15, 0.2) is 0 Å². The van der Waals surface area contributed by atoms with Crippen LogP contribution < -0.4 is 5.32 Å². The predicted octanol–water partition coefficient (Wildman–Crippen LogP) is 2.26. The van der Waals surface area contributed by atoms with Crippen LogP contribution in [0.4, 0.5) is 5.82 Å². The van der Waals surface area contributed by atoms with Gasteiger partial charge in [-0.05, 0) is 36.5 Å². The molecule has 78 valence electrons. The second-order valence-electron chi connectivity index (χ2n) is 3.57. The van der Waals surface area contributed by atoms with Crippen LogP contribution in [0.5, 0.6) is 0 Å². The quantitative estimate of drug-likeness (QED) is 0.829. The normalized spacial score (nSPS) is 17.0. The van der Waals surface area contributed by atoms with Gasteiger partial charge in [-0.1, -0.05) is 0 Å². The number of aromatic nitrogens is 1. The lowest BCUT2D eigenvalue weighted by molar-refractivity contribution is 0.664. The van der Waals surface area contributed by atoms with Gasteiger partial charge >= 0.3 is 0 Å². The van der Waals surface area contributed by atoms with Gasteiger partial charge in [0, 0.05) is 12.2 Å². The summed E-state index contributed by atoms with van der Waals surface area (Å²) in [6.45, 7) is 0. The van der Waals surface area contributed by atoms with E-state index < -0.39 is 0 Å². The number of hydrogen-bond acceptors (Lipinski definition) is 4. The van der Waals surface area contributed by atoms with E-state index in [2.05, 4.69) is 16.4 Å². The highest BCUT2D eigenvalue weighted by Crippen LogP contribution is 2.19. The first-order chi connectivity index (χ1) is 7.38. The van der Waals surface area contributed by atoms with E-state index >= 15 is 0 Å². The minimum atomic E-state index is 0.548. The van der Waals surface area contributed by atoms with Crippen LogP contribution in [0.3, 0.4) is 0 Å². The van der Waals surface area contributed by atoms with E-state index in [1.807, 2.05) is 17.8 Å². The molecule has 0 unspecified atom stereocenters. The van der Waals surface area contributed by atoms with E-state index in [9.17, 15) is 0 Å². The molecule has 0 radical (unpaired) electrons. The number of anilines is 1. The van der Waals surface area contributed by atoms with Gasteiger partial charge in [-0.15, -0.1) is 0 Å². The molecule has 0 amide bonds. The Morgan fingerprint density at radius 1 is 1.40 bits per heavy atom. The van der Waals surface area contributed by atoms with Crippen molar-refractivity contribution in [2.75, 3.05) is 16.8 Å². The summed E-state index contributed by atoms with van der Waals surface area (Å²) in [5.41, 5.74) is 0.611. The Kier molecular flexibility index (Phi) is 3.46. The van der Waals surface area contributed by atoms with Crippen molar-refractivity contribution in [3.05, 3.63) is 23.9 Å². The van der Waals surface area contributed by atoms with Crippen LogP contribution in [0, 0.1) is 11.3 Å². The molecule has 1 saturated heterocycles. The smallest absolute Gasteiger partial charge is 0.126 e. The van der Waals surface area contributed by atoms with Crippen LogP contribution in [-0.4, -0.2) is 22.5 Å². The van der Waals surface area contributed by atoms with Crippen molar-refractivity contribution in [1.29, 1.82) is 5.26 Å². The third kappa shape index (κ3) is 2.87. The SMILES string of the molecule is N#Cc1ccc(NC2CCSCC2)nc1. The third-order valence-electron chi connectivity index (χ3n) is 2.47. The van der Waals surface area contributed by atoms with E-state index in [-0.39, 0.29) is 0 Å². The van der Waals surface area contributed by atoms with Crippen LogP contribution in [0.2, 0.25) is 0 Å². The maximum atomic E-state index is 8.64. The summed E-state index contributed by atoms with van der Waals surface area (Å²) in [4.78, 5) is 4.20. The van der Waals surface area contributed by atoms with Gasteiger partial charge in [0.2, 0.25) is 0 Å². The van der Waals surface area contributed by atoms with E-state index in [0.717, 1.165) is 5.82 Å². The van der Waals surface area contributed by atoms with E-state index in [4.69, 9.17) is 5.26 Å². The summed E-state index contributed by atoms with van der Waals surface area (Å²) >= 11 is 2.01. The van der Waals surface area contributed by atoms with Gasteiger partial charge in [0.25, 0.3) is 0 Å². The zero-order valence-corrected chi connectivity index (χ0v) is 9.26. The van der Waals surface area contributed by atoms with Crippen LogP contribution in [0.1, 0.15) is 18.4 Å². The van der Waals surface area contributed by atoms with Crippen molar-refractivity contribution >= 4 is 17.6 Å². The van der Waals surface area contributed by atoms with Gasteiger partial charge in [0.05, 0.1) is 5.56 Å². The number of thioether (sulfide) groups is 1. The number of nitrogens with zero attached hydrogens (tertiary/aromatic N) is 2. The minimum absolute atomic E-state index is 0.548. The zero-order chi connectivity index (χ0) is 10.5. The Hall–Kier alpha value is -1.21. The van der Waals surface area contributed by atoms with Crippen molar-refractivity contribution < 1.29 is 0 Å². The second kappa shape index (κ2) is 5.04. The summed E-state index contributed by atoms with van der Waals surface area (Å²) in [6, 6.07) is 6.29. The van der Waals surface area contributed by atoms with E-state index in [0.29, 0.717) is 11.6 Å². The monoisotopic (exact) mass is 219 g/mol. The van der Waals surface area contributed by atoms with Crippen molar-refractivity contribution in [2.45, 2.75) is 18.9 Å². The molecule has 0 atom stereocenters. The Morgan fingerprint density at radius 2 is 2.20 bits per heavy atom. The van der Waals surface area contributed by atoms with Crippen LogP contribution in [0.25, 0.3) is 0 Å². The summed E-state index contributed by atoms with van der Waals surface area (Å²) < 4.78 is 0. The molecule has 4 heteroatoms. The van der Waals surface area contributed by atoms with Gasteiger partial charge in [-0.3, -0.25) is 0 Å². The van der Waals surface area contributed by atoms with Gasteiger partial charge < -0.3 is 5.32 Å². The van der Waals surface area contributed by atoms with Crippen LogP contribution in [-0.2, 0) is 0 Å². The molecule has 2 rings (SSSR count). The molecule has 0 bridgehead atoms. The number of nitrogens with one attached hydrogen (secondary N) is 1. The molecule has 0 aromatic carbocycles. The highest BCUT2D eigenvalue weighted by Gasteiger charge is 2.13. The zero-order valence-electron chi connectivity index (χ0n) is 8.44. The molecule has 15 heavy (non-hydrogen) atoms. The van der Waals surface area contributed by atoms with Crippen molar-refractivity contribution in [1.82, 2.24) is 4.98 Å². The maximum Gasteiger partial charge on any atom is 0.126 e. The average Bonchev–Trinajstić information content (AvgIpc) is 2.31. The highest BCUT2D eigenvalue weighted by atomic mass is 32.2. The van der Waals surface area contributed by atoms with Crippen LogP contribution in [0.15, 0.2) is 18.3 Å².